The zero-order valence-corrected chi connectivity index (χ0v) is 19.5. The highest BCUT2D eigenvalue weighted by molar-refractivity contribution is 7.93. The summed E-state index contributed by atoms with van der Waals surface area (Å²) in [4.78, 5) is 19.0. The summed E-state index contributed by atoms with van der Waals surface area (Å²) in [5.74, 6) is 5.56. The molecule has 0 fully saturated rings. The van der Waals surface area contributed by atoms with Crippen molar-refractivity contribution in [2.24, 2.45) is 0 Å². The van der Waals surface area contributed by atoms with E-state index in [2.05, 4.69) is 26.5 Å². The lowest BCUT2D eigenvalue weighted by atomic mass is 10.1. The SMILES string of the molecule is COc1ccc(C#Cc2ccc(C(=O)O)nc2)c(NS(=O)(=O)c2ccc(OC)c3cccnc23)c1. The van der Waals surface area contributed by atoms with Gasteiger partial charge in [-0.2, -0.15) is 0 Å². The molecule has 0 aliphatic heterocycles. The van der Waals surface area contributed by atoms with Gasteiger partial charge in [0.1, 0.15) is 22.1 Å². The van der Waals surface area contributed by atoms with Crippen LogP contribution in [-0.4, -0.2) is 43.7 Å². The predicted octanol–water partition coefficient (Wildman–Crippen LogP) is 3.55. The van der Waals surface area contributed by atoms with Crippen LogP contribution in [0.3, 0.4) is 0 Å². The van der Waals surface area contributed by atoms with E-state index in [1.165, 1.54) is 50.9 Å². The number of carboxylic acids is 1. The second-order valence-corrected chi connectivity index (χ2v) is 8.82. The third-order valence-corrected chi connectivity index (χ3v) is 6.39. The van der Waals surface area contributed by atoms with Gasteiger partial charge in [-0.1, -0.05) is 11.8 Å². The summed E-state index contributed by atoms with van der Waals surface area (Å²) in [6.45, 7) is 0. The molecule has 0 unspecified atom stereocenters. The third kappa shape index (κ3) is 5.00. The monoisotopic (exact) mass is 489 g/mol. The maximum Gasteiger partial charge on any atom is 0.354 e. The molecule has 0 spiro atoms. The summed E-state index contributed by atoms with van der Waals surface area (Å²) in [7, 11) is -1.11. The number of nitrogens with zero attached hydrogens (tertiary/aromatic N) is 2. The smallest absolute Gasteiger partial charge is 0.354 e. The van der Waals surface area contributed by atoms with Crippen LogP contribution in [0.25, 0.3) is 10.9 Å². The van der Waals surface area contributed by atoms with E-state index in [1.54, 1.807) is 30.3 Å². The first kappa shape index (κ1) is 23.5. The number of aromatic carboxylic acids is 1. The Hall–Kier alpha value is -4.62. The fraction of sp³-hybridized carbons (Fsp3) is 0.0800. The molecule has 10 heteroatoms. The number of anilines is 1. The molecule has 2 heterocycles. The molecule has 0 saturated carbocycles. The van der Waals surface area contributed by atoms with Crippen LogP contribution >= 0.6 is 0 Å². The summed E-state index contributed by atoms with van der Waals surface area (Å²) in [5.41, 5.74) is 1.20. The summed E-state index contributed by atoms with van der Waals surface area (Å²) in [6, 6.07) is 14.1. The molecule has 4 rings (SSSR count). The molecule has 0 radical (unpaired) electrons. The zero-order valence-electron chi connectivity index (χ0n) is 18.6. The lowest BCUT2D eigenvalue weighted by Gasteiger charge is -2.14. The number of sulfonamides is 1. The van der Waals surface area contributed by atoms with Gasteiger partial charge >= 0.3 is 5.97 Å². The van der Waals surface area contributed by atoms with Gasteiger partial charge in [0.15, 0.2) is 0 Å². The molecular weight excluding hydrogens is 470 g/mol. The minimum atomic E-state index is -4.08. The zero-order chi connectivity index (χ0) is 25.0. The van der Waals surface area contributed by atoms with Gasteiger partial charge < -0.3 is 14.6 Å². The Morgan fingerprint density at radius 2 is 1.83 bits per heavy atom. The fourth-order valence-electron chi connectivity index (χ4n) is 3.29. The molecule has 4 aromatic rings. The van der Waals surface area contributed by atoms with E-state index in [0.717, 1.165) is 0 Å². The summed E-state index contributed by atoms with van der Waals surface area (Å²) >= 11 is 0. The van der Waals surface area contributed by atoms with Gasteiger partial charge in [0.05, 0.1) is 25.4 Å². The van der Waals surface area contributed by atoms with Crippen molar-refractivity contribution in [1.29, 1.82) is 0 Å². The number of fused-ring (bicyclic) bond motifs is 1. The summed E-state index contributed by atoms with van der Waals surface area (Å²) in [6.07, 6.45) is 2.84. The predicted molar refractivity (Wildman–Crippen MR) is 129 cm³/mol. The molecule has 0 atom stereocenters. The first-order chi connectivity index (χ1) is 16.8. The topological polar surface area (TPSA) is 128 Å². The van der Waals surface area contributed by atoms with Crippen LogP contribution in [0.4, 0.5) is 5.69 Å². The Labute approximate surface area is 201 Å². The standard InChI is InChI=1S/C25H19N3O6S/c1-33-18-9-8-17(7-5-16-6-10-20(25(29)30)27-15-16)21(14-18)28-35(31,32)23-12-11-22(34-2)19-4-3-13-26-24(19)23/h3-4,6,8-15,28H,1-2H3,(H,29,30). The minimum Gasteiger partial charge on any atom is -0.497 e. The molecule has 176 valence electrons. The molecule has 35 heavy (non-hydrogen) atoms. The number of methoxy groups -OCH3 is 2. The average molecular weight is 490 g/mol. The lowest BCUT2D eigenvalue weighted by molar-refractivity contribution is 0.0690. The number of aromatic nitrogens is 2. The number of hydrogen-bond acceptors (Lipinski definition) is 7. The van der Waals surface area contributed by atoms with Crippen molar-refractivity contribution in [3.8, 4) is 23.3 Å². The Morgan fingerprint density at radius 1 is 1.00 bits per heavy atom. The Balaban J connectivity index is 1.74. The van der Waals surface area contributed by atoms with E-state index in [1.807, 2.05) is 0 Å². The van der Waals surface area contributed by atoms with Crippen molar-refractivity contribution in [3.05, 3.63) is 83.8 Å². The van der Waals surface area contributed by atoms with Crippen LogP contribution in [0, 0.1) is 11.8 Å². The second-order valence-electron chi connectivity index (χ2n) is 7.17. The third-order valence-electron chi connectivity index (χ3n) is 5.00. The first-order valence-corrected chi connectivity index (χ1v) is 11.6. The molecule has 0 amide bonds. The van der Waals surface area contributed by atoms with Crippen LogP contribution in [-0.2, 0) is 10.0 Å². The van der Waals surface area contributed by atoms with E-state index >= 15 is 0 Å². The molecule has 9 nitrogen and oxygen atoms in total. The molecule has 0 bridgehead atoms. The largest absolute Gasteiger partial charge is 0.497 e. The van der Waals surface area contributed by atoms with Crippen molar-refractivity contribution < 1.29 is 27.8 Å². The van der Waals surface area contributed by atoms with Gasteiger partial charge in [0, 0.05) is 35.0 Å². The molecule has 0 saturated heterocycles. The van der Waals surface area contributed by atoms with Crippen LogP contribution in [0.2, 0.25) is 0 Å². The molecule has 2 aromatic carbocycles. The van der Waals surface area contributed by atoms with Crippen molar-refractivity contribution in [2.45, 2.75) is 4.90 Å². The molecule has 2 N–H and O–H groups in total. The summed E-state index contributed by atoms with van der Waals surface area (Å²) in [5, 5.41) is 9.54. The average Bonchev–Trinajstić information content (AvgIpc) is 2.87. The fourth-order valence-corrected chi connectivity index (χ4v) is 4.53. The first-order valence-electron chi connectivity index (χ1n) is 10.2. The van der Waals surface area contributed by atoms with Crippen LogP contribution in [0.5, 0.6) is 11.5 Å². The Kier molecular flexibility index (Phi) is 6.53. The highest BCUT2D eigenvalue weighted by atomic mass is 32.2. The number of hydrogen-bond donors (Lipinski definition) is 2. The van der Waals surface area contributed by atoms with Gasteiger partial charge in [-0.05, 0) is 48.5 Å². The maximum absolute atomic E-state index is 13.4. The number of carbonyl (C=O) groups is 1. The van der Waals surface area contributed by atoms with Crippen LogP contribution in [0.15, 0.2) is 71.9 Å². The second kappa shape index (κ2) is 9.70. The van der Waals surface area contributed by atoms with E-state index < -0.39 is 16.0 Å². The normalized spacial score (nSPS) is 10.8. The number of pyridine rings is 2. The quantitative estimate of drug-likeness (QED) is 0.394. The highest BCUT2D eigenvalue weighted by Gasteiger charge is 2.21. The van der Waals surface area contributed by atoms with Gasteiger partial charge in [-0.15, -0.1) is 0 Å². The molecular formula is C25H19N3O6S. The Bertz CT molecular complexity index is 1590. The van der Waals surface area contributed by atoms with Crippen molar-refractivity contribution in [2.75, 3.05) is 18.9 Å². The van der Waals surface area contributed by atoms with Crippen molar-refractivity contribution >= 4 is 32.6 Å². The van der Waals surface area contributed by atoms with Gasteiger partial charge in [0.25, 0.3) is 10.0 Å². The van der Waals surface area contributed by atoms with Gasteiger partial charge in [-0.25, -0.2) is 18.2 Å². The van der Waals surface area contributed by atoms with E-state index in [4.69, 9.17) is 14.6 Å². The lowest BCUT2D eigenvalue weighted by Crippen LogP contribution is -2.15. The minimum absolute atomic E-state index is 0.0240. The Morgan fingerprint density at radius 3 is 2.51 bits per heavy atom. The number of benzene rings is 2. The molecule has 0 aliphatic rings. The number of rotatable bonds is 6. The van der Waals surface area contributed by atoms with Crippen LogP contribution in [0.1, 0.15) is 21.6 Å². The van der Waals surface area contributed by atoms with Crippen molar-refractivity contribution in [3.63, 3.8) is 0 Å². The molecule has 0 aliphatic carbocycles. The van der Waals surface area contributed by atoms with E-state index in [9.17, 15) is 13.2 Å². The number of carboxylic acid groups (broad SMARTS) is 1. The molecule has 2 aromatic heterocycles. The van der Waals surface area contributed by atoms with Gasteiger partial charge in [0.2, 0.25) is 0 Å². The maximum atomic E-state index is 13.4. The van der Waals surface area contributed by atoms with E-state index in [-0.39, 0.29) is 21.8 Å². The number of ether oxygens (including phenoxy) is 2. The highest BCUT2D eigenvalue weighted by Crippen LogP contribution is 2.31. The summed E-state index contributed by atoms with van der Waals surface area (Å²) < 4.78 is 40.0. The van der Waals surface area contributed by atoms with Gasteiger partial charge in [-0.3, -0.25) is 9.71 Å². The number of nitrogens with one attached hydrogen (secondary N) is 1. The van der Waals surface area contributed by atoms with Crippen LogP contribution < -0.4 is 14.2 Å². The van der Waals surface area contributed by atoms with E-state index in [0.29, 0.717) is 28.0 Å². The van der Waals surface area contributed by atoms with Crippen molar-refractivity contribution in [1.82, 2.24) is 9.97 Å².